The Kier molecular flexibility index (Phi) is 7.03. The first-order chi connectivity index (χ1) is 16.3. The molecule has 34 heavy (non-hydrogen) atoms. The van der Waals surface area contributed by atoms with Crippen LogP contribution in [-0.2, 0) is 20.8 Å². The van der Waals surface area contributed by atoms with Crippen LogP contribution < -0.4 is 10.9 Å². The highest BCUT2D eigenvalue weighted by molar-refractivity contribution is 5.97. The molecule has 1 aliphatic carbocycles. The van der Waals surface area contributed by atoms with Gasteiger partial charge in [0.1, 0.15) is 5.65 Å². The summed E-state index contributed by atoms with van der Waals surface area (Å²) in [6.45, 7) is 5.93. The molecule has 0 unspecified atom stereocenters. The van der Waals surface area contributed by atoms with Gasteiger partial charge in [0.15, 0.2) is 5.56 Å². The van der Waals surface area contributed by atoms with Crippen molar-refractivity contribution in [2.24, 2.45) is 5.92 Å². The van der Waals surface area contributed by atoms with Gasteiger partial charge in [0.25, 0.3) is 11.5 Å². The van der Waals surface area contributed by atoms with Gasteiger partial charge in [-0.15, -0.1) is 0 Å². The molecular weight excluding hydrogens is 442 g/mol. The van der Waals surface area contributed by atoms with Gasteiger partial charge in [0.2, 0.25) is 11.8 Å². The molecule has 2 aromatic heterocycles. The highest BCUT2D eigenvalue weighted by atomic mass is 16.5. The molecule has 2 aromatic rings. The zero-order valence-electron chi connectivity index (χ0n) is 19.7. The minimum absolute atomic E-state index is 0.0322. The van der Waals surface area contributed by atoms with E-state index in [2.05, 4.69) is 10.4 Å². The average molecular weight is 474 g/mol. The Morgan fingerprint density at radius 1 is 1.38 bits per heavy atom. The van der Waals surface area contributed by atoms with Gasteiger partial charge in [0, 0.05) is 37.9 Å². The normalized spacial score (nSPS) is 18.8. The van der Waals surface area contributed by atoms with Crippen LogP contribution >= 0.6 is 0 Å². The van der Waals surface area contributed by atoms with Crippen molar-refractivity contribution in [1.82, 2.24) is 24.4 Å². The maximum Gasteiger partial charge on any atom is 0.291 e. The largest absolute Gasteiger partial charge is 0.494 e. The number of hydrogen-bond acceptors (Lipinski definition) is 7. The molecule has 0 spiro atoms. The van der Waals surface area contributed by atoms with Gasteiger partial charge in [-0.2, -0.15) is 9.61 Å². The number of carbonyl (C=O) groups is 2. The first-order valence-electron chi connectivity index (χ1n) is 11.5. The molecule has 11 heteroatoms. The fourth-order valence-electron chi connectivity index (χ4n) is 4.08. The average Bonchev–Trinajstić information content (AvgIpc) is 3.51. The van der Waals surface area contributed by atoms with E-state index in [1.807, 2.05) is 13.8 Å². The summed E-state index contributed by atoms with van der Waals surface area (Å²) in [4.78, 5) is 40.4. The standard InChI is InChI=1S/C23H31N5O6/c1-14(2)11-27-21-15(4-7-18(29)26-8-9-34-13-17(26)12-33-3)10-24-28(21)23(32)19(22(27)31)20(30)25-16-5-6-16/h4,7,10,14,16-17,31H,5-6,8-9,11-13H2,1-3H3,(H,25,30)/b7-4+/t17-/m0/s1. The summed E-state index contributed by atoms with van der Waals surface area (Å²) in [5, 5.41) is 17.9. The van der Waals surface area contributed by atoms with Crippen molar-refractivity contribution in [1.29, 1.82) is 0 Å². The molecule has 184 valence electrons. The molecule has 2 amide bonds. The van der Waals surface area contributed by atoms with Gasteiger partial charge in [-0.25, -0.2) is 0 Å². The van der Waals surface area contributed by atoms with Gasteiger partial charge in [0.05, 0.1) is 32.1 Å². The first kappa shape index (κ1) is 24.0. The third kappa shape index (κ3) is 4.85. The number of amides is 2. The summed E-state index contributed by atoms with van der Waals surface area (Å²) in [6.07, 6.45) is 6.15. The number of rotatable bonds is 8. The van der Waals surface area contributed by atoms with E-state index < -0.39 is 17.3 Å². The second kappa shape index (κ2) is 9.98. The summed E-state index contributed by atoms with van der Waals surface area (Å²) in [6, 6.07) is -0.152. The first-order valence-corrected chi connectivity index (χ1v) is 11.5. The molecular formula is C23H31N5O6. The Bertz CT molecular complexity index is 1160. The maximum atomic E-state index is 13.1. The van der Waals surface area contributed by atoms with E-state index >= 15 is 0 Å². The number of ether oxygens (including phenoxy) is 2. The highest BCUT2D eigenvalue weighted by Gasteiger charge is 2.30. The molecule has 0 aromatic carbocycles. The molecule has 1 aliphatic heterocycles. The van der Waals surface area contributed by atoms with E-state index in [0.717, 1.165) is 17.4 Å². The second-order valence-corrected chi connectivity index (χ2v) is 9.14. The van der Waals surface area contributed by atoms with Crippen LogP contribution in [0.15, 0.2) is 17.1 Å². The summed E-state index contributed by atoms with van der Waals surface area (Å²) >= 11 is 0. The number of aromatic nitrogens is 3. The van der Waals surface area contributed by atoms with Crippen molar-refractivity contribution >= 4 is 23.5 Å². The lowest BCUT2D eigenvalue weighted by Gasteiger charge is -2.34. The van der Waals surface area contributed by atoms with Gasteiger partial charge < -0.3 is 24.8 Å². The van der Waals surface area contributed by atoms with Gasteiger partial charge >= 0.3 is 0 Å². The fourth-order valence-corrected chi connectivity index (χ4v) is 4.08. The van der Waals surface area contributed by atoms with Crippen molar-refractivity contribution in [3.63, 3.8) is 0 Å². The lowest BCUT2D eigenvalue weighted by atomic mass is 10.2. The Labute approximate surface area is 196 Å². The van der Waals surface area contributed by atoms with Crippen molar-refractivity contribution in [2.75, 3.05) is 33.5 Å². The number of morpholine rings is 1. The molecule has 1 saturated carbocycles. The number of nitrogens with one attached hydrogen (secondary N) is 1. The van der Waals surface area contributed by atoms with Crippen LogP contribution in [0, 0.1) is 5.92 Å². The third-order valence-electron chi connectivity index (χ3n) is 5.87. The van der Waals surface area contributed by atoms with Crippen LogP contribution in [0.25, 0.3) is 11.7 Å². The molecule has 2 aliphatic rings. The van der Waals surface area contributed by atoms with E-state index in [9.17, 15) is 19.5 Å². The molecule has 3 heterocycles. The topological polar surface area (TPSA) is 127 Å². The van der Waals surface area contributed by atoms with Crippen molar-refractivity contribution in [3.05, 3.63) is 33.8 Å². The van der Waals surface area contributed by atoms with Crippen LogP contribution in [-0.4, -0.2) is 81.6 Å². The van der Waals surface area contributed by atoms with Crippen LogP contribution in [0.1, 0.15) is 42.6 Å². The molecule has 0 bridgehead atoms. The number of nitrogens with zero attached hydrogens (tertiary/aromatic N) is 4. The van der Waals surface area contributed by atoms with E-state index in [4.69, 9.17) is 9.47 Å². The number of hydrogen-bond donors (Lipinski definition) is 2. The molecule has 1 atom stereocenters. The van der Waals surface area contributed by atoms with E-state index in [1.54, 1.807) is 18.1 Å². The van der Waals surface area contributed by atoms with E-state index in [1.165, 1.54) is 16.8 Å². The van der Waals surface area contributed by atoms with Crippen LogP contribution in [0.4, 0.5) is 0 Å². The number of methoxy groups -OCH3 is 1. The van der Waals surface area contributed by atoms with Crippen molar-refractivity contribution in [3.8, 4) is 5.88 Å². The Hall–Kier alpha value is -3.18. The number of aromatic hydroxyl groups is 1. The fraction of sp³-hybridized carbons (Fsp3) is 0.565. The molecule has 4 rings (SSSR count). The minimum Gasteiger partial charge on any atom is -0.494 e. The lowest BCUT2D eigenvalue weighted by Crippen LogP contribution is -2.50. The van der Waals surface area contributed by atoms with Gasteiger partial charge in [-0.05, 0) is 24.8 Å². The van der Waals surface area contributed by atoms with Gasteiger partial charge in [-0.3, -0.25) is 19.0 Å². The van der Waals surface area contributed by atoms with Crippen LogP contribution in [0.5, 0.6) is 5.88 Å². The van der Waals surface area contributed by atoms with Crippen LogP contribution in [0.3, 0.4) is 0 Å². The molecule has 1 saturated heterocycles. The third-order valence-corrected chi connectivity index (χ3v) is 5.87. The monoisotopic (exact) mass is 473 g/mol. The van der Waals surface area contributed by atoms with Crippen LogP contribution in [0.2, 0.25) is 0 Å². The smallest absolute Gasteiger partial charge is 0.291 e. The van der Waals surface area contributed by atoms with Crippen molar-refractivity contribution < 1.29 is 24.2 Å². The predicted molar refractivity (Wildman–Crippen MR) is 124 cm³/mol. The molecule has 0 radical (unpaired) electrons. The minimum atomic E-state index is -0.704. The summed E-state index contributed by atoms with van der Waals surface area (Å²) in [5.41, 5.74) is -0.235. The summed E-state index contributed by atoms with van der Waals surface area (Å²) in [7, 11) is 1.58. The quantitative estimate of drug-likeness (QED) is 0.539. The summed E-state index contributed by atoms with van der Waals surface area (Å²) in [5.74, 6) is -1.12. The Morgan fingerprint density at radius 2 is 2.15 bits per heavy atom. The molecule has 2 fully saturated rings. The Balaban J connectivity index is 1.71. The molecule has 11 nitrogen and oxygen atoms in total. The molecule has 2 N–H and O–H groups in total. The highest BCUT2D eigenvalue weighted by Crippen LogP contribution is 2.24. The number of carbonyl (C=O) groups excluding carboxylic acids is 2. The summed E-state index contributed by atoms with van der Waals surface area (Å²) < 4.78 is 13.3. The van der Waals surface area contributed by atoms with Gasteiger partial charge in [-0.1, -0.05) is 13.8 Å². The van der Waals surface area contributed by atoms with Crippen molar-refractivity contribution in [2.45, 2.75) is 45.3 Å². The number of fused-ring (bicyclic) bond motifs is 1. The maximum absolute atomic E-state index is 13.1. The van der Waals surface area contributed by atoms with E-state index in [-0.39, 0.29) is 29.5 Å². The second-order valence-electron chi connectivity index (χ2n) is 9.14. The predicted octanol–water partition coefficient (Wildman–Crippen LogP) is 0.637. The zero-order valence-corrected chi connectivity index (χ0v) is 19.7. The Morgan fingerprint density at radius 3 is 2.82 bits per heavy atom. The lowest BCUT2D eigenvalue weighted by molar-refractivity contribution is -0.136. The SMILES string of the molecule is COC[C@H]1COCCN1C(=O)/C=C/c1cnn2c(=O)c(C(=O)NC3CC3)c(O)n(CC(C)C)c12. The van der Waals surface area contributed by atoms with E-state index in [0.29, 0.717) is 44.1 Å². The zero-order chi connectivity index (χ0) is 24.4.